The van der Waals surface area contributed by atoms with E-state index < -0.39 is 17.7 Å². The summed E-state index contributed by atoms with van der Waals surface area (Å²) in [5.74, 6) is -0.0183. The van der Waals surface area contributed by atoms with Crippen molar-refractivity contribution in [1.82, 2.24) is 9.88 Å². The van der Waals surface area contributed by atoms with Gasteiger partial charge in [-0.2, -0.15) is 0 Å². The predicted octanol–water partition coefficient (Wildman–Crippen LogP) is 4.65. The highest BCUT2D eigenvalue weighted by Crippen LogP contribution is 2.42. The van der Waals surface area contributed by atoms with Crippen LogP contribution in [0.3, 0.4) is 0 Å². The first-order chi connectivity index (χ1) is 18.1. The highest BCUT2D eigenvalue weighted by molar-refractivity contribution is 6.46. The molecular formula is C29H28N2O6. The summed E-state index contributed by atoms with van der Waals surface area (Å²) in [6, 6.07) is 15.1. The molecule has 8 heteroatoms. The molecule has 8 nitrogen and oxygen atoms in total. The molecule has 0 bridgehead atoms. The summed E-state index contributed by atoms with van der Waals surface area (Å²) < 4.78 is 17.1. The Morgan fingerprint density at radius 1 is 1.05 bits per heavy atom. The van der Waals surface area contributed by atoms with Crippen LogP contribution in [0.1, 0.15) is 42.5 Å². The van der Waals surface area contributed by atoms with E-state index >= 15 is 0 Å². The first-order valence-electron chi connectivity index (χ1n) is 12.4. The molecule has 2 aromatic carbocycles. The number of likely N-dealkylation sites (tertiary alicyclic amines) is 1. The van der Waals surface area contributed by atoms with Crippen molar-refractivity contribution < 1.29 is 28.9 Å². The smallest absolute Gasteiger partial charge is 0.295 e. The van der Waals surface area contributed by atoms with Gasteiger partial charge in [-0.05, 0) is 60.0 Å². The monoisotopic (exact) mass is 500 g/mol. The SMILES string of the molecule is CCCCOc1cccc(C2/C(=C(\O)c3ccc4c(c3)OCCO4)C(=O)C(=O)N2Cc2ccncc2)c1. The molecule has 0 aliphatic carbocycles. The fourth-order valence-electron chi connectivity index (χ4n) is 4.53. The lowest BCUT2D eigenvalue weighted by molar-refractivity contribution is -0.140. The number of fused-ring (bicyclic) bond motifs is 1. The number of carbonyl (C=O) groups is 2. The lowest BCUT2D eigenvalue weighted by Gasteiger charge is -2.26. The number of aliphatic hydroxyl groups is 1. The average molecular weight is 501 g/mol. The second kappa shape index (κ2) is 10.7. The van der Waals surface area contributed by atoms with Crippen molar-refractivity contribution in [1.29, 1.82) is 0 Å². The number of unbranched alkanes of at least 4 members (excludes halogenated alkanes) is 1. The van der Waals surface area contributed by atoms with E-state index in [1.54, 1.807) is 42.7 Å². The molecule has 1 N–H and O–H groups in total. The fraction of sp³-hybridized carbons (Fsp3) is 0.276. The molecule has 37 heavy (non-hydrogen) atoms. The van der Waals surface area contributed by atoms with Crippen LogP contribution >= 0.6 is 0 Å². The number of benzene rings is 2. The number of hydrogen-bond donors (Lipinski definition) is 1. The maximum absolute atomic E-state index is 13.4. The number of Topliss-reactive ketones (excluding diaryl/α,β-unsaturated/α-hetero) is 1. The van der Waals surface area contributed by atoms with Crippen LogP contribution in [0.15, 0.2) is 72.6 Å². The lowest BCUT2D eigenvalue weighted by Crippen LogP contribution is -2.29. The summed E-state index contributed by atoms with van der Waals surface area (Å²) in [5.41, 5.74) is 1.87. The van der Waals surface area contributed by atoms with Crippen LogP contribution in [0.25, 0.3) is 5.76 Å². The van der Waals surface area contributed by atoms with Crippen molar-refractivity contribution >= 4 is 17.4 Å². The molecular weight excluding hydrogens is 472 g/mol. The summed E-state index contributed by atoms with van der Waals surface area (Å²) in [6.07, 6.45) is 5.19. The third-order valence-electron chi connectivity index (χ3n) is 6.40. The summed E-state index contributed by atoms with van der Waals surface area (Å²) in [5, 5.41) is 11.4. The molecule has 0 spiro atoms. The van der Waals surface area contributed by atoms with Gasteiger partial charge in [0.25, 0.3) is 11.7 Å². The summed E-state index contributed by atoms with van der Waals surface area (Å²) in [7, 11) is 0. The molecule has 1 unspecified atom stereocenters. The largest absolute Gasteiger partial charge is 0.507 e. The minimum Gasteiger partial charge on any atom is -0.507 e. The maximum atomic E-state index is 13.4. The van der Waals surface area contributed by atoms with Gasteiger partial charge in [-0.3, -0.25) is 14.6 Å². The first kappa shape index (κ1) is 24.4. The topological polar surface area (TPSA) is 98.2 Å². The number of hydrogen-bond acceptors (Lipinski definition) is 7. The van der Waals surface area contributed by atoms with E-state index in [1.807, 2.05) is 24.3 Å². The quantitative estimate of drug-likeness (QED) is 0.208. The minimum atomic E-state index is -0.809. The molecule has 0 saturated carbocycles. The molecule has 0 radical (unpaired) electrons. The molecule has 190 valence electrons. The Kier molecular flexibility index (Phi) is 7.07. The van der Waals surface area contributed by atoms with Gasteiger partial charge in [0, 0.05) is 24.5 Å². The Morgan fingerprint density at radius 3 is 2.62 bits per heavy atom. The van der Waals surface area contributed by atoms with Crippen molar-refractivity contribution in [3.05, 3.63) is 89.3 Å². The molecule has 1 amide bonds. The van der Waals surface area contributed by atoms with Crippen LogP contribution in [0.4, 0.5) is 0 Å². The number of pyridine rings is 1. The normalized spacial score (nSPS) is 18.2. The molecule has 2 aliphatic rings. The van der Waals surface area contributed by atoms with Gasteiger partial charge in [-0.25, -0.2) is 0 Å². The number of rotatable bonds is 8. The first-order valence-corrected chi connectivity index (χ1v) is 12.4. The number of aromatic nitrogens is 1. The van der Waals surface area contributed by atoms with Gasteiger partial charge in [-0.1, -0.05) is 25.5 Å². The van der Waals surface area contributed by atoms with Crippen molar-refractivity contribution in [3.8, 4) is 17.2 Å². The Balaban J connectivity index is 1.59. The van der Waals surface area contributed by atoms with E-state index in [0.29, 0.717) is 48.2 Å². The van der Waals surface area contributed by atoms with Gasteiger partial charge < -0.3 is 24.2 Å². The van der Waals surface area contributed by atoms with Gasteiger partial charge >= 0.3 is 0 Å². The number of nitrogens with zero attached hydrogens (tertiary/aromatic N) is 2. The number of carbonyl (C=O) groups excluding carboxylic acids is 2. The zero-order valence-electron chi connectivity index (χ0n) is 20.6. The van der Waals surface area contributed by atoms with Crippen LogP contribution in [-0.2, 0) is 16.1 Å². The van der Waals surface area contributed by atoms with E-state index in [9.17, 15) is 14.7 Å². The Morgan fingerprint density at radius 2 is 1.84 bits per heavy atom. The van der Waals surface area contributed by atoms with Crippen LogP contribution in [0, 0.1) is 0 Å². The molecule has 5 rings (SSSR count). The molecule has 2 aliphatic heterocycles. The molecule has 3 aromatic rings. The Hall–Kier alpha value is -4.33. The van der Waals surface area contributed by atoms with Crippen molar-refractivity contribution in [2.24, 2.45) is 0 Å². The van der Waals surface area contributed by atoms with Crippen LogP contribution in [0.2, 0.25) is 0 Å². The summed E-state index contributed by atoms with van der Waals surface area (Å²) >= 11 is 0. The number of ketones is 1. The molecule has 3 heterocycles. The summed E-state index contributed by atoms with van der Waals surface area (Å²) in [4.78, 5) is 32.2. The zero-order valence-corrected chi connectivity index (χ0v) is 20.6. The zero-order chi connectivity index (χ0) is 25.8. The van der Waals surface area contributed by atoms with Crippen LogP contribution in [-0.4, -0.2) is 46.5 Å². The van der Waals surface area contributed by atoms with E-state index in [4.69, 9.17) is 14.2 Å². The van der Waals surface area contributed by atoms with Gasteiger partial charge in [-0.15, -0.1) is 0 Å². The number of amides is 1. The van der Waals surface area contributed by atoms with E-state index in [1.165, 1.54) is 4.90 Å². The van der Waals surface area contributed by atoms with E-state index in [-0.39, 0.29) is 17.9 Å². The van der Waals surface area contributed by atoms with Gasteiger partial charge in [0.15, 0.2) is 11.5 Å². The van der Waals surface area contributed by atoms with Crippen LogP contribution in [0.5, 0.6) is 17.2 Å². The highest BCUT2D eigenvalue weighted by Gasteiger charge is 2.46. The van der Waals surface area contributed by atoms with Crippen molar-refractivity contribution in [2.75, 3.05) is 19.8 Å². The van der Waals surface area contributed by atoms with E-state index in [2.05, 4.69) is 11.9 Å². The second-order valence-corrected chi connectivity index (χ2v) is 8.92. The average Bonchev–Trinajstić information content (AvgIpc) is 3.18. The summed E-state index contributed by atoms with van der Waals surface area (Å²) in [6.45, 7) is 3.66. The Bertz CT molecular complexity index is 1340. The third kappa shape index (κ3) is 5.00. The fourth-order valence-corrected chi connectivity index (χ4v) is 4.53. The maximum Gasteiger partial charge on any atom is 0.295 e. The Labute approximate surface area is 215 Å². The molecule has 1 saturated heterocycles. The molecule has 1 atom stereocenters. The van der Waals surface area contributed by atoms with Crippen molar-refractivity contribution in [3.63, 3.8) is 0 Å². The van der Waals surface area contributed by atoms with Gasteiger partial charge in [0.2, 0.25) is 0 Å². The second-order valence-electron chi connectivity index (χ2n) is 8.92. The number of aliphatic hydroxyl groups excluding tert-OH is 1. The van der Waals surface area contributed by atoms with Gasteiger partial charge in [0.1, 0.15) is 24.7 Å². The predicted molar refractivity (Wildman–Crippen MR) is 136 cm³/mol. The molecule has 1 fully saturated rings. The third-order valence-corrected chi connectivity index (χ3v) is 6.40. The lowest BCUT2D eigenvalue weighted by atomic mass is 9.95. The standard InChI is InChI=1S/C29H28N2O6/c1-2-3-13-35-22-6-4-5-20(16-22)26-25(27(32)21-7-8-23-24(17-21)37-15-14-36-23)28(33)29(34)31(26)18-19-9-11-30-12-10-19/h4-12,16-17,26,32H,2-3,13-15,18H2,1H3/b27-25+. The van der Waals surface area contributed by atoms with Crippen LogP contribution < -0.4 is 14.2 Å². The molecule has 1 aromatic heterocycles. The minimum absolute atomic E-state index is 0.0152. The van der Waals surface area contributed by atoms with E-state index in [0.717, 1.165) is 18.4 Å². The van der Waals surface area contributed by atoms with Gasteiger partial charge in [0.05, 0.1) is 18.2 Å². The highest BCUT2D eigenvalue weighted by atomic mass is 16.6. The van der Waals surface area contributed by atoms with Crippen molar-refractivity contribution in [2.45, 2.75) is 32.4 Å². The number of ether oxygens (including phenoxy) is 3.